The van der Waals surface area contributed by atoms with Gasteiger partial charge in [0.2, 0.25) is 0 Å². The monoisotopic (exact) mass is 261 g/mol. The topological polar surface area (TPSA) is 60.2 Å². The number of hydrogen-bond acceptors (Lipinski definition) is 4. The van der Waals surface area contributed by atoms with Crippen LogP contribution in [0.3, 0.4) is 0 Å². The Balaban J connectivity index is 2.01. The third-order valence-electron chi connectivity index (χ3n) is 3.82. The minimum absolute atomic E-state index is 0.0950. The molecule has 1 N–H and O–H groups in total. The second-order valence-electron chi connectivity index (χ2n) is 4.89. The van der Waals surface area contributed by atoms with Crippen LogP contribution >= 0.6 is 11.6 Å². The molecule has 0 saturated carbocycles. The number of nitrogens with zero attached hydrogens (tertiary/aromatic N) is 3. The van der Waals surface area contributed by atoms with Crippen LogP contribution in [-0.2, 0) is 5.41 Å². The number of rotatable bonds is 1. The van der Waals surface area contributed by atoms with Crippen LogP contribution in [0.4, 0.5) is 0 Å². The van der Waals surface area contributed by atoms with Gasteiger partial charge in [0.25, 0.3) is 0 Å². The highest BCUT2D eigenvalue weighted by Gasteiger charge is 2.47. The number of piperidine rings is 1. The van der Waals surface area contributed by atoms with Gasteiger partial charge in [0.15, 0.2) is 0 Å². The molecule has 2 unspecified atom stereocenters. The van der Waals surface area contributed by atoms with Gasteiger partial charge in [-0.05, 0) is 24.5 Å². The van der Waals surface area contributed by atoms with Crippen molar-refractivity contribution in [1.29, 1.82) is 5.26 Å². The molecule has 2 aliphatic heterocycles. The van der Waals surface area contributed by atoms with Crippen LogP contribution in [0, 0.1) is 11.3 Å². The molecule has 0 amide bonds. The van der Waals surface area contributed by atoms with Crippen molar-refractivity contribution in [3.05, 3.63) is 41.2 Å². The number of nitriles is 1. The van der Waals surface area contributed by atoms with Gasteiger partial charge in [-0.2, -0.15) is 10.3 Å². The van der Waals surface area contributed by atoms with Gasteiger partial charge in [-0.3, -0.25) is 4.98 Å². The fourth-order valence-electron chi connectivity index (χ4n) is 2.86. The maximum Gasteiger partial charge on any atom is 0.0875 e. The molecule has 3 rings (SSSR count). The van der Waals surface area contributed by atoms with E-state index in [-0.39, 0.29) is 12.1 Å². The molecule has 1 saturated heterocycles. The molecule has 0 aromatic carbocycles. The lowest BCUT2D eigenvalue weighted by Crippen LogP contribution is -2.48. The normalized spacial score (nSPS) is 34.5. The SMILES string of the molecule is N#CC1(c2cncc(Cl)c2)CC2C=CC(C1)N2O. The van der Waals surface area contributed by atoms with Crippen molar-refractivity contribution in [2.75, 3.05) is 0 Å². The number of halogens is 1. The Kier molecular flexibility index (Phi) is 2.63. The zero-order valence-electron chi connectivity index (χ0n) is 9.62. The van der Waals surface area contributed by atoms with Crippen LogP contribution in [0.1, 0.15) is 18.4 Å². The molecule has 18 heavy (non-hydrogen) atoms. The van der Waals surface area contributed by atoms with Gasteiger partial charge in [0.05, 0.1) is 28.6 Å². The lowest BCUT2D eigenvalue weighted by Gasteiger charge is -2.40. The summed E-state index contributed by atoms with van der Waals surface area (Å²) >= 11 is 5.95. The summed E-state index contributed by atoms with van der Waals surface area (Å²) in [4.78, 5) is 4.06. The smallest absolute Gasteiger partial charge is 0.0875 e. The quantitative estimate of drug-likeness (QED) is 0.788. The first-order chi connectivity index (χ1) is 8.64. The number of pyridine rings is 1. The highest BCUT2D eigenvalue weighted by molar-refractivity contribution is 6.30. The van der Waals surface area contributed by atoms with Crippen LogP contribution in [0.2, 0.25) is 5.02 Å². The van der Waals surface area contributed by atoms with Crippen molar-refractivity contribution >= 4 is 11.6 Å². The second-order valence-corrected chi connectivity index (χ2v) is 5.33. The Bertz CT molecular complexity index is 535. The Morgan fingerprint density at radius 1 is 1.39 bits per heavy atom. The van der Waals surface area contributed by atoms with E-state index in [2.05, 4.69) is 11.1 Å². The van der Waals surface area contributed by atoms with E-state index >= 15 is 0 Å². The van der Waals surface area contributed by atoms with Crippen LogP contribution in [0.15, 0.2) is 30.6 Å². The summed E-state index contributed by atoms with van der Waals surface area (Å²) in [6, 6.07) is 4.01. The number of fused-ring (bicyclic) bond motifs is 2. The third kappa shape index (κ3) is 1.64. The predicted octanol–water partition coefficient (Wildman–Crippen LogP) is 2.29. The number of hydrogen-bond donors (Lipinski definition) is 1. The average Bonchev–Trinajstić information content (AvgIpc) is 2.62. The summed E-state index contributed by atoms with van der Waals surface area (Å²) in [7, 11) is 0. The van der Waals surface area contributed by atoms with Gasteiger partial charge in [-0.15, -0.1) is 0 Å². The first-order valence-electron chi connectivity index (χ1n) is 5.82. The molecular weight excluding hydrogens is 250 g/mol. The Morgan fingerprint density at radius 2 is 2.06 bits per heavy atom. The first-order valence-corrected chi connectivity index (χ1v) is 6.20. The standard InChI is InChI=1S/C13H12ClN3O/c14-10-3-9(6-16-7-10)13(8-15)4-11-1-2-12(5-13)17(11)18/h1-3,6-7,11-12,18H,4-5H2. The molecule has 2 bridgehead atoms. The lowest BCUT2D eigenvalue weighted by atomic mass is 9.72. The van der Waals surface area contributed by atoms with Crippen LogP contribution < -0.4 is 0 Å². The molecule has 1 fully saturated rings. The van der Waals surface area contributed by atoms with Gasteiger partial charge >= 0.3 is 0 Å². The van der Waals surface area contributed by atoms with Gasteiger partial charge in [0, 0.05) is 12.4 Å². The van der Waals surface area contributed by atoms with Crippen molar-refractivity contribution in [3.8, 4) is 6.07 Å². The summed E-state index contributed by atoms with van der Waals surface area (Å²) in [6.45, 7) is 0. The van der Waals surface area contributed by atoms with Crippen LogP contribution in [0.5, 0.6) is 0 Å². The summed E-state index contributed by atoms with van der Waals surface area (Å²) in [5.74, 6) is 0. The molecule has 92 valence electrons. The van der Waals surface area contributed by atoms with E-state index in [0.717, 1.165) is 5.56 Å². The molecule has 0 spiro atoms. The third-order valence-corrected chi connectivity index (χ3v) is 4.03. The molecule has 2 aliphatic rings. The molecular formula is C13H12ClN3O. The van der Waals surface area contributed by atoms with Crippen LogP contribution in [-0.4, -0.2) is 27.3 Å². The van der Waals surface area contributed by atoms with Crippen molar-refractivity contribution in [2.45, 2.75) is 30.3 Å². The van der Waals surface area contributed by atoms with E-state index in [1.54, 1.807) is 18.5 Å². The van der Waals surface area contributed by atoms with Gasteiger partial charge in [0.1, 0.15) is 0 Å². The Morgan fingerprint density at radius 3 is 2.61 bits per heavy atom. The lowest BCUT2D eigenvalue weighted by molar-refractivity contribution is -0.150. The van der Waals surface area contributed by atoms with Crippen LogP contribution in [0.25, 0.3) is 0 Å². The van der Waals surface area contributed by atoms with Crippen molar-refractivity contribution < 1.29 is 5.21 Å². The molecule has 1 aromatic heterocycles. The number of aromatic nitrogens is 1. The van der Waals surface area contributed by atoms with E-state index in [4.69, 9.17) is 11.6 Å². The Hall–Kier alpha value is -1.41. The minimum Gasteiger partial charge on any atom is -0.313 e. The van der Waals surface area contributed by atoms with E-state index < -0.39 is 5.41 Å². The van der Waals surface area contributed by atoms with E-state index in [1.165, 1.54) is 5.06 Å². The molecule has 0 aliphatic carbocycles. The summed E-state index contributed by atoms with van der Waals surface area (Å²) < 4.78 is 0. The van der Waals surface area contributed by atoms with E-state index in [0.29, 0.717) is 17.9 Å². The molecule has 5 heteroatoms. The van der Waals surface area contributed by atoms with E-state index in [9.17, 15) is 10.5 Å². The largest absolute Gasteiger partial charge is 0.313 e. The van der Waals surface area contributed by atoms with E-state index in [1.807, 2.05) is 12.2 Å². The zero-order chi connectivity index (χ0) is 12.8. The molecule has 2 atom stereocenters. The maximum atomic E-state index is 9.86. The minimum atomic E-state index is -0.615. The van der Waals surface area contributed by atoms with Crippen molar-refractivity contribution in [2.24, 2.45) is 0 Å². The summed E-state index contributed by atoms with van der Waals surface area (Å²) in [5, 5.41) is 21.3. The highest BCUT2D eigenvalue weighted by Crippen LogP contribution is 2.43. The summed E-state index contributed by atoms with van der Waals surface area (Å²) in [6.07, 6.45) is 8.30. The Labute approximate surface area is 110 Å². The summed E-state index contributed by atoms with van der Waals surface area (Å²) in [5.41, 5.74) is 0.222. The van der Waals surface area contributed by atoms with Crippen molar-refractivity contribution in [1.82, 2.24) is 10.0 Å². The highest BCUT2D eigenvalue weighted by atomic mass is 35.5. The maximum absolute atomic E-state index is 9.86. The predicted molar refractivity (Wildman–Crippen MR) is 66.1 cm³/mol. The average molecular weight is 262 g/mol. The molecule has 4 nitrogen and oxygen atoms in total. The zero-order valence-corrected chi connectivity index (χ0v) is 10.4. The first kappa shape index (κ1) is 11.7. The number of hydroxylamine groups is 2. The van der Waals surface area contributed by atoms with Gasteiger partial charge in [-0.25, -0.2) is 0 Å². The van der Waals surface area contributed by atoms with Gasteiger partial charge in [-0.1, -0.05) is 23.8 Å². The fourth-order valence-corrected chi connectivity index (χ4v) is 3.04. The van der Waals surface area contributed by atoms with Crippen molar-refractivity contribution in [3.63, 3.8) is 0 Å². The fraction of sp³-hybridized carbons (Fsp3) is 0.385. The molecule has 0 radical (unpaired) electrons. The molecule has 3 heterocycles. The van der Waals surface area contributed by atoms with Gasteiger partial charge < -0.3 is 5.21 Å². The molecule has 1 aromatic rings. The second kappa shape index (κ2) is 4.06.